The SMILES string of the molecule is CC(=O)NCc1cccc(CNCc2cnn(C)c2C)c1. The summed E-state index contributed by atoms with van der Waals surface area (Å²) in [6.07, 6.45) is 1.90. The highest BCUT2D eigenvalue weighted by Crippen LogP contribution is 2.07. The molecule has 0 radical (unpaired) electrons. The van der Waals surface area contributed by atoms with E-state index in [9.17, 15) is 4.79 Å². The summed E-state index contributed by atoms with van der Waals surface area (Å²) in [7, 11) is 1.95. The largest absolute Gasteiger partial charge is 0.352 e. The molecule has 0 aliphatic rings. The van der Waals surface area contributed by atoms with Crippen LogP contribution in [0.3, 0.4) is 0 Å². The molecule has 112 valence electrons. The van der Waals surface area contributed by atoms with Crippen LogP contribution in [0.1, 0.15) is 29.3 Å². The highest BCUT2D eigenvalue weighted by atomic mass is 16.1. The van der Waals surface area contributed by atoms with Crippen molar-refractivity contribution in [1.29, 1.82) is 0 Å². The second kappa shape index (κ2) is 7.04. The number of nitrogens with zero attached hydrogens (tertiary/aromatic N) is 2. The monoisotopic (exact) mass is 286 g/mol. The van der Waals surface area contributed by atoms with Gasteiger partial charge in [-0.1, -0.05) is 24.3 Å². The number of hydrogen-bond donors (Lipinski definition) is 2. The summed E-state index contributed by atoms with van der Waals surface area (Å²) in [6, 6.07) is 8.23. The van der Waals surface area contributed by atoms with Crippen molar-refractivity contribution in [1.82, 2.24) is 20.4 Å². The van der Waals surface area contributed by atoms with Crippen molar-refractivity contribution in [3.63, 3.8) is 0 Å². The van der Waals surface area contributed by atoms with Gasteiger partial charge in [-0.2, -0.15) is 5.10 Å². The van der Waals surface area contributed by atoms with Gasteiger partial charge in [-0.15, -0.1) is 0 Å². The quantitative estimate of drug-likeness (QED) is 0.849. The third-order valence-electron chi connectivity index (χ3n) is 3.51. The normalized spacial score (nSPS) is 10.6. The highest BCUT2D eigenvalue weighted by Gasteiger charge is 2.03. The Morgan fingerprint density at radius 2 is 1.95 bits per heavy atom. The minimum absolute atomic E-state index is 0.00872. The third-order valence-corrected chi connectivity index (χ3v) is 3.51. The van der Waals surface area contributed by atoms with E-state index in [1.165, 1.54) is 23.7 Å². The van der Waals surface area contributed by atoms with E-state index in [1.807, 2.05) is 30.1 Å². The lowest BCUT2D eigenvalue weighted by Crippen LogP contribution is -2.19. The van der Waals surface area contributed by atoms with Crippen LogP contribution >= 0.6 is 0 Å². The Balaban J connectivity index is 1.87. The van der Waals surface area contributed by atoms with E-state index in [-0.39, 0.29) is 5.91 Å². The molecule has 0 aliphatic carbocycles. The van der Waals surface area contributed by atoms with Crippen molar-refractivity contribution in [3.05, 3.63) is 52.8 Å². The van der Waals surface area contributed by atoms with Crippen LogP contribution in [-0.4, -0.2) is 15.7 Å². The van der Waals surface area contributed by atoms with Crippen molar-refractivity contribution in [3.8, 4) is 0 Å². The Bertz CT molecular complexity index is 618. The molecular weight excluding hydrogens is 264 g/mol. The van der Waals surface area contributed by atoms with Crippen molar-refractivity contribution < 1.29 is 4.79 Å². The van der Waals surface area contributed by atoms with E-state index in [1.54, 1.807) is 0 Å². The van der Waals surface area contributed by atoms with E-state index in [0.29, 0.717) is 6.54 Å². The Kier molecular flexibility index (Phi) is 5.11. The van der Waals surface area contributed by atoms with Gasteiger partial charge in [0.25, 0.3) is 0 Å². The summed E-state index contributed by atoms with van der Waals surface area (Å²) in [6.45, 7) is 5.77. The molecule has 2 aromatic rings. The van der Waals surface area contributed by atoms with Gasteiger partial charge < -0.3 is 10.6 Å². The number of hydrogen-bond acceptors (Lipinski definition) is 3. The van der Waals surface area contributed by atoms with Crippen LogP contribution < -0.4 is 10.6 Å². The summed E-state index contributed by atoms with van der Waals surface area (Å²) in [5, 5.41) is 10.5. The molecule has 1 heterocycles. The Hall–Kier alpha value is -2.14. The molecule has 5 heteroatoms. The van der Waals surface area contributed by atoms with Gasteiger partial charge in [0.2, 0.25) is 5.91 Å². The lowest BCUT2D eigenvalue weighted by Gasteiger charge is -2.07. The first-order valence-electron chi connectivity index (χ1n) is 7.06. The van der Waals surface area contributed by atoms with Crippen LogP contribution in [0.2, 0.25) is 0 Å². The fourth-order valence-electron chi connectivity index (χ4n) is 2.14. The Labute approximate surface area is 125 Å². The molecule has 21 heavy (non-hydrogen) atoms. The summed E-state index contributed by atoms with van der Waals surface area (Å²) in [4.78, 5) is 10.9. The first kappa shape index (κ1) is 15.3. The van der Waals surface area contributed by atoms with Crippen LogP contribution in [0.5, 0.6) is 0 Å². The molecule has 0 spiro atoms. The van der Waals surface area contributed by atoms with Gasteiger partial charge in [0.05, 0.1) is 6.20 Å². The lowest BCUT2D eigenvalue weighted by atomic mass is 10.1. The van der Waals surface area contributed by atoms with Crippen molar-refractivity contribution in [2.75, 3.05) is 0 Å². The molecule has 0 fully saturated rings. The molecule has 1 amide bonds. The van der Waals surface area contributed by atoms with Gasteiger partial charge in [-0.3, -0.25) is 9.48 Å². The molecule has 0 aliphatic heterocycles. The summed E-state index contributed by atoms with van der Waals surface area (Å²) >= 11 is 0. The van der Waals surface area contributed by atoms with Gasteiger partial charge >= 0.3 is 0 Å². The van der Waals surface area contributed by atoms with Gasteiger partial charge in [0, 0.05) is 44.9 Å². The summed E-state index contributed by atoms with van der Waals surface area (Å²) in [5.74, 6) is -0.00872. The number of aromatic nitrogens is 2. The first-order valence-corrected chi connectivity index (χ1v) is 7.06. The molecule has 0 bridgehead atoms. The van der Waals surface area contributed by atoms with Crippen LogP contribution in [0.4, 0.5) is 0 Å². The predicted octanol–water partition coefficient (Wildman–Crippen LogP) is 1.65. The van der Waals surface area contributed by atoms with Crippen LogP contribution in [-0.2, 0) is 31.5 Å². The minimum Gasteiger partial charge on any atom is -0.352 e. The van der Waals surface area contributed by atoms with Gasteiger partial charge in [0.15, 0.2) is 0 Å². The fourth-order valence-corrected chi connectivity index (χ4v) is 2.14. The molecular formula is C16H22N4O. The summed E-state index contributed by atoms with van der Waals surface area (Å²) < 4.78 is 1.88. The zero-order valence-corrected chi connectivity index (χ0v) is 12.8. The number of carbonyl (C=O) groups excluding carboxylic acids is 1. The van der Waals surface area contributed by atoms with Gasteiger partial charge in [-0.05, 0) is 18.1 Å². The average molecular weight is 286 g/mol. The number of benzene rings is 1. The second-order valence-electron chi connectivity index (χ2n) is 5.21. The molecule has 0 atom stereocenters. The maximum absolute atomic E-state index is 10.9. The molecule has 5 nitrogen and oxygen atoms in total. The number of nitrogens with one attached hydrogen (secondary N) is 2. The topological polar surface area (TPSA) is 59.0 Å². The smallest absolute Gasteiger partial charge is 0.217 e. The number of carbonyl (C=O) groups is 1. The van der Waals surface area contributed by atoms with Gasteiger partial charge in [0.1, 0.15) is 0 Å². The number of rotatable bonds is 6. The molecule has 0 saturated heterocycles. The molecule has 0 saturated carbocycles. The van der Waals surface area contributed by atoms with Crippen molar-refractivity contribution in [2.24, 2.45) is 7.05 Å². The van der Waals surface area contributed by atoms with Crippen molar-refractivity contribution >= 4 is 5.91 Å². The van der Waals surface area contributed by atoms with E-state index in [0.717, 1.165) is 18.7 Å². The Morgan fingerprint density at radius 3 is 2.57 bits per heavy atom. The maximum atomic E-state index is 10.9. The van der Waals surface area contributed by atoms with E-state index in [4.69, 9.17) is 0 Å². The zero-order chi connectivity index (χ0) is 15.2. The first-order chi connectivity index (χ1) is 10.1. The number of aryl methyl sites for hydroxylation is 1. The van der Waals surface area contributed by atoms with Gasteiger partial charge in [-0.25, -0.2) is 0 Å². The molecule has 1 aromatic carbocycles. The standard InChI is InChI=1S/C16H22N4O/c1-12-16(11-19-20(12)3)10-17-8-14-5-4-6-15(7-14)9-18-13(2)21/h4-7,11,17H,8-10H2,1-3H3,(H,18,21). The predicted molar refractivity (Wildman–Crippen MR) is 82.5 cm³/mol. The molecule has 2 N–H and O–H groups in total. The van der Waals surface area contributed by atoms with E-state index < -0.39 is 0 Å². The van der Waals surface area contributed by atoms with E-state index >= 15 is 0 Å². The van der Waals surface area contributed by atoms with Crippen LogP contribution in [0, 0.1) is 6.92 Å². The number of amides is 1. The molecule has 2 rings (SSSR count). The van der Waals surface area contributed by atoms with Crippen molar-refractivity contribution in [2.45, 2.75) is 33.5 Å². The molecule has 0 unspecified atom stereocenters. The van der Waals surface area contributed by atoms with Crippen LogP contribution in [0.25, 0.3) is 0 Å². The average Bonchev–Trinajstić information content (AvgIpc) is 2.78. The lowest BCUT2D eigenvalue weighted by molar-refractivity contribution is -0.119. The minimum atomic E-state index is -0.00872. The third kappa shape index (κ3) is 4.43. The zero-order valence-electron chi connectivity index (χ0n) is 12.8. The Morgan fingerprint density at radius 1 is 1.24 bits per heavy atom. The highest BCUT2D eigenvalue weighted by molar-refractivity contribution is 5.72. The van der Waals surface area contributed by atoms with Crippen LogP contribution in [0.15, 0.2) is 30.5 Å². The fraction of sp³-hybridized carbons (Fsp3) is 0.375. The molecule has 1 aromatic heterocycles. The summed E-state index contributed by atoms with van der Waals surface area (Å²) in [5.41, 5.74) is 4.72. The second-order valence-corrected chi connectivity index (χ2v) is 5.21. The van der Waals surface area contributed by atoms with E-state index in [2.05, 4.69) is 34.8 Å². The maximum Gasteiger partial charge on any atom is 0.217 e.